The Bertz CT molecular complexity index is 196. The molecule has 70 valence electrons. The molecule has 0 spiro atoms. The van der Waals surface area contributed by atoms with Crippen molar-refractivity contribution in [2.45, 2.75) is 11.4 Å². The quantitative estimate of drug-likeness (QED) is 0.244. The molecular weight excluding hydrogens is 234 g/mol. The normalized spacial score (nSPS) is 14.9. The molecule has 0 saturated heterocycles. The minimum Gasteiger partial charge on any atom is -0.457 e. The average Bonchev–Trinajstić information content (AvgIpc) is 1.99. The summed E-state index contributed by atoms with van der Waals surface area (Å²) in [4.78, 5) is 19.8. The lowest BCUT2D eigenvalue weighted by Gasteiger charge is -2.14. The van der Waals surface area contributed by atoms with Gasteiger partial charge >= 0.3 is 10.4 Å². The Hall–Kier alpha value is -0.690. The molecule has 0 rings (SSSR count). The summed E-state index contributed by atoms with van der Waals surface area (Å²) in [5.41, 5.74) is 0. The summed E-state index contributed by atoms with van der Waals surface area (Å²) in [7, 11) is 0. The molecule has 0 saturated carbocycles. The third kappa shape index (κ3) is 3.14. The first-order valence-electron chi connectivity index (χ1n) is 3.00. The van der Waals surface area contributed by atoms with Gasteiger partial charge in [-0.05, 0) is 0 Å². The van der Waals surface area contributed by atoms with Gasteiger partial charge < -0.3 is 9.84 Å². The largest absolute Gasteiger partial charge is 0.457 e. The van der Waals surface area contributed by atoms with Gasteiger partial charge in [-0.25, -0.2) is 0 Å². The second-order valence-electron chi connectivity index (χ2n) is 2.11. The molecule has 0 amide bonds. The fourth-order valence-corrected chi connectivity index (χ4v) is 0.483. The highest BCUT2D eigenvalue weighted by atomic mass is 79.9. The highest BCUT2D eigenvalue weighted by Gasteiger charge is 2.40. The van der Waals surface area contributed by atoms with E-state index >= 15 is 0 Å². The first kappa shape index (κ1) is 11.3. The van der Waals surface area contributed by atoms with Crippen molar-refractivity contribution in [1.29, 1.82) is 0 Å². The Labute approximate surface area is 76.8 Å². The van der Waals surface area contributed by atoms with Crippen LogP contribution >= 0.6 is 15.9 Å². The predicted octanol–water partition coefficient (Wildman–Crippen LogP) is -0.0903. The van der Waals surface area contributed by atoms with Gasteiger partial charge in [0, 0.05) is 27.8 Å². The van der Waals surface area contributed by atoms with E-state index in [0.29, 0.717) is 0 Å². The van der Waals surface area contributed by atoms with Gasteiger partial charge in [0.05, 0.1) is 0 Å². The number of ether oxygens (including phenoxy) is 1. The van der Waals surface area contributed by atoms with Crippen molar-refractivity contribution in [1.82, 2.24) is 0 Å². The molecule has 12 heavy (non-hydrogen) atoms. The van der Waals surface area contributed by atoms with Crippen LogP contribution in [0.1, 0.15) is 6.92 Å². The fraction of sp³-hybridized carbons (Fsp3) is 0.800. The summed E-state index contributed by atoms with van der Waals surface area (Å²) in [5.74, 6) is -0.630. The van der Waals surface area contributed by atoms with E-state index in [0.717, 1.165) is 6.92 Å². The van der Waals surface area contributed by atoms with Gasteiger partial charge in [0.15, 0.2) is 6.61 Å². The van der Waals surface area contributed by atoms with Gasteiger partial charge in [-0.15, -0.1) is 0 Å². The zero-order valence-electron chi connectivity index (χ0n) is 6.32. The smallest absolute Gasteiger partial charge is 0.330 e. The van der Waals surface area contributed by atoms with E-state index in [4.69, 9.17) is 5.11 Å². The van der Waals surface area contributed by atoms with Crippen molar-refractivity contribution in [3.63, 3.8) is 0 Å². The number of aliphatic hydroxyl groups excluding tert-OH is 1. The van der Waals surface area contributed by atoms with Crippen molar-refractivity contribution in [3.8, 4) is 0 Å². The van der Waals surface area contributed by atoms with E-state index in [9.17, 15) is 14.9 Å². The van der Waals surface area contributed by atoms with E-state index in [1.54, 1.807) is 0 Å². The Balaban J connectivity index is 4.15. The van der Waals surface area contributed by atoms with E-state index in [1.165, 1.54) is 0 Å². The maximum atomic E-state index is 10.3. The Morgan fingerprint density at radius 2 is 2.33 bits per heavy atom. The van der Waals surface area contributed by atoms with Crippen molar-refractivity contribution >= 4 is 21.9 Å². The predicted molar refractivity (Wildman–Crippen MR) is 42.4 cm³/mol. The van der Waals surface area contributed by atoms with Crippen LogP contribution in [0.2, 0.25) is 0 Å². The number of alkyl halides is 1. The summed E-state index contributed by atoms with van der Waals surface area (Å²) in [6, 6.07) is 0. The zero-order chi connectivity index (χ0) is 9.78. The van der Waals surface area contributed by atoms with Gasteiger partial charge in [0.2, 0.25) is 0 Å². The molecule has 0 radical (unpaired) electrons. The molecule has 0 bridgehead atoms. The van der Waals surface area contributed by atoms with Crippen molar-refractivity contribution in [2.24, 2.45) is 0 Å². The number of hydrogen-bond acceptors (Lipinski definition) is 5. The number of aliphatic hydroxyl groups is 1. The van der Waals surface area contributed by atoms with Crippen LogP contribution in [-0.4, -0.2) is 33.7 Å². The maximum Gasteiger partial charge on any atom is 0.330 e. The molecule has 0 aliphatic heterocycles. The van der Waals surface area contributed by atoms with Crippen LogP contribution in [0, 0.1) is 10.1 Å². The minimum atomic E-state index is -1.78. The molecule has 0 aromatic heterocycles. The first-order chi connectivity index (χ1) is 5.42. The lowest BCUT2D eigenvalue weighted by atomic mass is 10.3. The number of rotatable bonds is 4. The molecule has 0 aliphatic rings. The molecule has 1 N–H and O–H groups in total. The number of nitro groups is 1. The van der Waals surface area contributed by atoms with E-state index in [1.807, 2.05) is 0 Å². The number of carbonyl (C=O) groups excluding carboxylic acids is 1. The molecule has 0 aliphatic carbocycles. The summed E-state index contributed by atoms with van der Waals surface area (Å²) in [5, 5.41) is 18.9. The van der Waals surface area contributed by atoms with Gasteiger partial charge in [0.25, 0.3) is 0 Å². The topological polar surface area (TPSA) is 89.7 Å². The third-order valence-electron chi connectivity index (χ3n) is 1.07. The summed E-state index contributed by atoms with van der Waals surface area (Å²) >= 11 is 2.65. The van der Waals surface area contributed by atoms with Crippen molar-refractivity contribution in [2.75, 3.05) is 13.2 Å². The van der Waals surface area contributed by atoms with Crippen LogP contribution in [0.25, 0.3) is 0 Å². The summed E-state index contributed by atoms with van der Waals surface area (Å²) in [6.45, 7) is -0.107. The van der Waals surface area contributed by atoms with E-state index in [-0.39, 0.29) is 0 Å². The summed E-state index contributed by atoms with van der Waals surface area (Å²) in [6.07, 6.45) is 0. The number of esters is 1. The Morgan fingerprint density at radius 1 is 1.83 bits per heavy atom. The van der Waals surface area contributed by atoms with Crippen LogP contribution < -0.4 is 0 Å². The SMILES string of the molecule is CC(=O)OCC(Br)(CO)[N+](=O)[O-]. The molecule has 0 aromatic carbocycles. The lowest BCUT2D eigenvalue weighted by molar-refractivity contribution is -0.541. The average molecular weight is 242 g/mol. The molecule has 0 heterocycles. The van der Waals surface area contributed by atoms with Gasteiger partial charge in [0.1, 0.15) is 6.61 Å². The Morgan fingerprint density at radius 3 is 2.58 bits per heavy atom. The minimum absolute atomic E-state index is 0.494. The molecule has 7 heteroatoms. The van der Waals surface area contributed by atoms with Crippen LogP contribution in [0.15, 0.2) is 0 Å². The second-order valence-corrected chi connectivity index (χ2v) is 3.59. The number of carbonyl (C=O) groups is 1. The number of halogens is 1. The molecule has 1 unspecified atom stereocenters. The Kier molecular flexibility index (Phi) is 4.11. The van der Waals surface area contributed by atoms with Crippen molar-refractivity contribution < 1.29 is 19.6 Å². The lowest BCUT2D eigenvalue weighted by Crippen LogP contribution is -2.40. The molecule has 1 atom stereocenters. The second kappa shape index (κ2) is 4.36. The molecule has 0 fully saturated rings. The summed E-state index contributed by atoms with van der Waals surface area (Å²) < 4.78 is 2.59. The van der Waals surface area contributed by atoms with Crippen molar-refractivity contribution in [3.05, 3.63) is 10.1 Å². The van der Waals surface area contributed by atoms with Gasteiger partial charge in [-0.3, -0.25) is 14.9 Å². The van der Waals surface area contributed by atoms with Crippen LogP contribution in [0.4, 0.5) is 0 Å². The first-order valence-corrected chi connectivity index (χ1v) is 3.79. The standard InChI is InChI=1S/C5H8BrNO5/c1-4(9)12-3-5(6,2-8)7(10)11/h8H,2-3H2,1H3. The van der Waals surface area contributed by atoms with E-state index < -0.39 is 28.6 Å². The van der Waals surface area contributed by atoms with Gasteiger partial charge in [-0.2, -0.15) is 0 Å². The zero-order valence-corrected chi connectivity index (χ0v) is 7.91. The molecule has 0 aromatic rings. The number of hydrogen-bond donors (Lipinski definition) is 1. The fourth-order valence-electron chi connectivity index (χ4n) is 0.368. The highest BCUT2D eigenvalue weighted by Crippen LogP contribution is 2.18. The van der Waals surface area contributed by atoms with Crippen LogP contribution in [0.3, 0.4) is 0 Å². The van der Waals surface area contributed by atoms with E-state index in [2.05, 4.69) is 20.7 Å². The maximum absolute atomic E-state index is 10.3. The highest BCUT2D eigenvalue weighted by molar-refractivity contribution is 9.10. The van der Waals surface area contributed by atoms with Crippen LogP contribution in [-0.2, 0) is 9.53 Å². The molecular formula is C5H8BrNO5. The number of nitrogens with zero attached hydrogens (tertiary/aromatic N) is 1. The van der Waals surface area contributed by atoms with Gasteiger partial charge in [-0.1, -0.05) is 0 Å². The third-order valence-corrected chi connectivity index (χ3v) is 1.84. The van der Waals surface area contributed by atoms with Crippen LogP contribution in [0.5, 0.6) is 0 Å². The molecule has 6 nitrogen and oxygen atoms in total. The monoisotopic (exact) mass is 241 g/mol.